The third kappa shape index (κ3) is 5.96. The number of amides is 1. The van der Waals surface area contributed by atoms with Crippen LogP contribution in [-0.2, 0) is 21.2 Å². The topological polar surface area (TPSA) is 135 Å². The molecular weight excluding hydrogens is 436 g/mol. The molecule has 32 heavy (non-hydrogen) atoms. The maximum Gasteiger partial charge on any atom is 0.264 e. The van der Waals surface area contributed by atoms with Crippen LogP contribution in [0.5, 0.6) is 5.75 Å². The minimum Gasteiger partial charge on any atom is -0.494 e. The van der Waals surface area contributed by atoms with Crippen LogP contribution in [0.2, 0.25) is 0 Å². The number of unbranched alkanes of at least 4 members (excludes halogenated alkanes) is 1. The average Bonchev–Trinajstić information content (AvgIpc) is 2.74. The molecule has 3 N–H and O–H groups in total. The second-order valence-corrected chi connectivity index (χ2v) is 10.3. The summed E-state index contributed by atoms with van der Waals surface area (Å²) in [6.07, 6.45) is 3.72. The van der Waals surface area contributed by atoms with Gasteiger partial charge in [0, 0.05) is 31.7 Å². The number of benzene rings is 1. The highest BCUT2D eigenvalue weighted by atomic mass is 32.2. The average molecular weight is 467 g/mol. The quantitative estimate of drug-likeness (QED) is 0.260. The van der Waals surface area contributed by atoms with Crippen LogP contribution in [0.4, 0.5) is 0 Å². The maximum atomic E-state index is 12.6. The van der Waals surface area contributed by atoms with Crippen molar-refractivity contribution in [2.24, 2.45) is 0 Å². The summed E-state index contributed by atoms with van der Waals surface area (Å²) in [4.78, 5) is 24.6. The Balaban J connectivity index is 2.18. The van der Waals surface area contributed by atoms with E-state index in [0.29, 0.717) is 24.3 Å². The van der Waals surface area contributed by atoms with E-state index in [-0.39, 0.29) is 25.1 Å². The number of hydroxylamine groups is 1. The van der Waals surface area contributed by atoms with E-state index in [0.717, 1.165) is 23.8 Å². The van der Waals surface area contributed by atoms with Crippen molar-refractivity contribution >= 4 is 15.7 Å². The van der Waals surface area contributed by atoms with Crippen molar-refractivity contribution in [3.63, 3.8) is 0 Å². The van der Waals surface area contributed by atoms with E-state index in [4.69, 9.17) is 15.1 Å². The number of pyridine rings is 1. The van der Waals surface area contributed by atoms with Crippen LogP contribution < -0.4 is 15.8 Å². The molecule has 176 valence electrons. The van der Waals surface area contributed by atoms with Gasteiger partial charge in [-0.3, -0.25) is 14.8 Å². The summed E-state index contributed by atoms with van der Waals surface area (Å²) in [5.74, 6) is -0.335. The van der Waals surface area contributed by atoms with Gasteiger partial charge < -0.3 is 14.4 Å². The second kappa shape index (κ2) is 10.8. The molecule has 1 aromatic heterocycles. The SMILES string of the molecule is Cc1cc(OCCCCO)ccc1-c1ccn(CCC(C)(C(=O)NO)S(C)(=O)=O)c(=O)c1. The minimum absolute atomic E-state index is 0.0182. The number of aromatic nitrogens is 1. The van der Waals surface area contributed by atoms with Crippen LogP contribution in [0.15, 0.2) is 41.3 Å². The zero-order chi connectivity index (χ0) is 23.9. The van der Waals surface area contributed by atoms with Crippen LogP contribution in [0, 0.1) is 6.92 Å². The lowest BCUT2D eigenvalue weighted by atomic mass is 10.0. The van der Waals surface area contributed by atoms with Gasteiger partial charge in [0.2, 0.25) is 0 Å². The van der Waals surface area contributed by atoms with E-state index in [1.807, 2.05) is 25.1 Å². The Morgan fingerprint density at radius 2 is 1.94 bits per heavy atom. The first-order valence-corrected chi connectivity index (χ1v) is 12.1. The molecule has 1 aromatic carbocycles. The molecule has 0 aliphatic carbocycles. The number of carbonyl (C=O) groups excluding carboxylic acids is 1. The Labute approximate surface area is 187 Å². The first-order chi connectivity index (χ1) is 15.0. The third-order valence-electron chi connectivity index (χ3n) is 5.56. The number of rotatable bonds is 11. The Morgan fingerprint density at radius 3 is 2.50 bits per heavy atom. The maximum absolute atomic E-state index is 12.6. The Hall–Kier alpha value is -2.69. The Morgan fingerprint density at radius 1 is 1.22 bits per heavy atom. The van der Waals surface area contributed by atoms with Gasteiger partial charge in [0.1, 0.15) is 5.75 Å². The number of hydrogen-bond acceptors (Lipinski definition) is 7. The number of ether oxygens (including phenoxy) is 1. The summed E-state index contributed by atoms with van der Waals surface area (Å²) < 4.78 is 29.3. The number of nitrogens with zero attached hydrogens (tertiary/aromatic N) is 1. The van der Waals surface area contributed by atoms with Crippen molar-refractivity contribution in [3.8, 4) is 16.9 Å². The normalized spacial score (nSPS) is 13.4. The lowest BCUT2D eigenvalue weighted by Crippen LogP contribution is -2.49. The van der Waals surface area contributed by atoms with Crippen molar-refractivity contribution in [1.29, 1.82) is 0 Å². The van der Waals surface area contributed by atoms with Gasteiger partial charge in [-0.2, -0.15) is 0 Å². The number of aliphatic hydroxyl groups is 1. The molecule has 1 unspecified atom stereocenters. The van der Waals surface area contributed by atoms with E-state index in [1.165, 1.54) is 23.0 Å². The lowest BCUT2D eigenvalue weighted by molar-refractivity contribution is -0.131. The molecule has 0 radical (unpaired) electrons. The summed E-state index contributed by atoms with van der Waals surface area (Å²) in [6, 6.07) is 8.76. The number of nitrogens with one attached hydrogen (secondary N) is 1. The van der Waals surface area contributed by atoms with Crippen molar-refractivity contribution in [1.82, 2.24) is 10.0 Å². The minimum atomic E-state index is -3.84. The van der Waals surface area contributed by atoms with Crippen molar-refractivity contribution in [3.05, 3.63) is 52.4 Å². The number of carbonyl (C=O) groups is 1. The Bertz CT molecular complexity index is 1110. The van der Waals surface area contributed by atoms with E-state index >= 15 is 0 Å². The van der Waals surface area contributed by atoms with Gasteiger partial charge in [-0.1, -0.05) is 6.07 Å². The fourth-order valence-electron chi connectivity index (χ4n) is 3.23. The van der Waals surface area contributed by atoms with Crippen LogP contribution >= 0.6 is 0 Å². The van der Waals surface area contributed by atoms with Gasteiger partial charge in [0.05, 0.1) is 6.61 Å². The van der Waals surface area contributed by atoms with E-state index < -0.39 is 20.5 Å². The molecule has 1 atom stereocenters. The van der Waals surface area contributed by atoms with Crippen LogP contribution in [0.25, 0.3) is 11.1 Å². The molecule has 0 saturated carbocycles. The molecule has 0 bridgehead atoms. The summed E-state index contributed by atoms with van der Waals surface area (Å²) >= 11 is 0. The molecule has 2 aromatic rings. The van der Waals surface area contributed by atoms with Crippen molar-refractivity contribution < 1.29 is 28.3 Å². The van der Waals surface area contributed by atoms with Crippen LogP contribution in [-0.4, -0.2) is 53.4 Å². The summed E-state index contributed by atoms with van der Waals surface area (Å²) in [5, 5.41) is 17.7. The highest BCUT2D eigenvalue weighted by Gasteiger charge is 2.43. The fraction of sp³-hybridized carbons (Fsp3) is 0.455. The number of aryl methyl sites for hydroxylation is 2. The molecule has 10 heteroatoms. The number of aliphatic hydroxyl groups excluding tert-OH is 1. The largest absolute Gasteiger partial charge is 0.494 e. The van der Waals surface area contributed by atoms with Crippen LogP contribution in [0.3, 0.4) is 0 Å². The molecule has 9 nitrogen and oxygen atoms in total. The molecule has 0 aliphatic rings. The molecule has 0 saturated heterocycles. The molecular formula is C22H30N2O7S. The van der Waals surface area contributed by atoms with Gasteiger partial charge in [-0.15, -0.1) is 0 Å². The molecule has 0 aliphatic heterocycles. The standard InChI is InChI=1S/C22H30N2O7S/c1-16-14-18(31-13-5-4-12-25)6-7-19(16)17-8-10-24(20(26)15-17)11-9-22(2,21(27)23-28)32(3,29)30/h6-8,10,14-15,25,28H,4-5,9,11-13H2,1-3H3,(H,23,27). The lowest BCUT2D eigenvalue weighted by Gasteiger charge is -2.25. The van der Waals surface area contributed by atoms with Gasteiger partial charge in [0.15, 0.2) is 14.6 Å². The number of sulfone groups is 1. The third-order valence-corrected chi connectivity index (χ3v) is 7.58. The summed E-state index contributed by atoms with van der Waals surface area (Å²) in [5.41, 5.74) is 3.54. The summed E-state index contributed by atoms with van der Waals surface area (Å²) in [7, 11) is -3.84. The highest BCUT2D eigenvalue weighted by Crippen LogP contribution is 2.27. The van der Waals surface area contributed by atoms with E-state index in [2.05, 4.69) is 0 Å². The summed E-state index contributed by atoms with van der Waals surface area (Å²) in [6.45, 7) is 3.75. The molecule has 1 amide bonds. The number of hydrogen-bond donors (Lipinski definition) is 3. The fourth-order valence-corrected chi connectivity index (χ4v) is 4.08. The molecule has 0 spiro atoms. The zero-order valence-electron chi connectivity index (χ0n) is 18.5. The second-order valence-electron chi connectivity index (χ2n) is 7.90. The monoisotopic (exact) mass is 466 g/mol. The van der Waals surface area contributed by atoms with Crippen LogP contribution in [0.1, 0.15) is 31.7 Å². The van der Waals surface area contributed by atoms with Gasteiger partial charge in [-0.25, -0.2) is 13.9 Å². The molecule has 1 heterocycles. The predicted octanol–water partition coefficient (Wildman–Crippen LogP) is 1.67. The highest BCUT2D eigenvalue weighted by molar-refractivity contribution is 7.92. The molecule has 0 fully saturated rings. The molecule has 2 rings (SSSR count). The van der Waals surface area contributed by atoms with Gasteiger partial charge in [0.25, 0.3) is 11.5 Å². The smallest absolute Gasteiger partial charge is 0.264 e. The van der Waals surface area contributed by atoms with Crippen molar-refractivity contribution in [2.45, 2.75) is 44.4 Å². The first kappa shape index (κ1) is 25.6. The first-order valence-electron chi connectivity index (χ1n) is 10.2. The predicted molar refractivity (Wildman–Crippen MR) is 120 cm³/mol. The zero-order valence-corrected chi connectivity index (χ0v) is 19.3. The van der Waals surface area contributed by atoms with Gasteiger partial charge in [-0.05, 0) is 68.0 Å². The van der Waals surface area contributed by atoms with E-state index in [1.54, 1.807) is 12.3 Å². The van der Waals surface area contributed by atoms with Gasteiger partial charge >= 0.3 is 0 Å². The van der Waals surface area contributed by atoms with E-state index in [9.17, 15) is 18.0 Å². The van der Waals surface area contributed by atoms with Crippen molar-refractivity contribution in [2.75, 3.05) is 19.5 Å². The Kier molecular flexibility index (Phi) is 8.59.